The Morgan fingerprint density at radius 1 is 0.544 bits per heavy atom. The summed E-state index contributed by atoms with van der Waals surface area (Å²) in [6, 6.07) is 0. The zero-order valence-corrected chi connectivity index (χ0v) is 54.3. The molecule has 0 aromatic carbocycles. The Morgan fingerprint density at radius 2 is 1.00 bits per heavy atom. The Labute approximate surface area is 486 Å². The Kier molecular flexibility index (Phi) is 14.9. The number of ether oxygens (including phenoxy) is 3. The first kappa shape index (κ1) is 62.2. The van der Waals surface area contributed by atoms with Gasteiger partial charge in [0.15, 0.2) is 0 Å². The number of nitrogens with two attached hydrogens (primary N) is 1. The number of nitrogens with zero attached hydrogens (tertiary/aromatic N) is 1. The second-order valence-electron chi connectivity index (χ2n) is 34.0. The highest BCUT2D eigenvalue weighted by Crippen LogP contribution is 2.88. The molecule has 12 aliphatic rings. The van der Waals surface area contributed by atoms with Crippen LogP contribution in [-0.4, -0.2) is 81.9 Å². The molecular formula is C68H115ClN2O8. The molecule has 12 fully saturated rings. The number of carbonyl (C=O) groups is 3. The number of piperidine rings is 2. The average molecular weight is 1120 g/mol. The van der Waals surface area contributed by atoms with Crippen molar-refractivity contribution in [1.29, 1.82) is 0 Å². The topological polar surface area (TPSA) is 139 Å². The minimum atomic E-state index is -0.579. The van der Waals surface area contributed by atoms with Gasteiger partial charge in [-0.3, -0.25) is 14.4 Å². The Bertz CT molecular complexity index is 2400. The first-order valence-corrected chi connectivity index (χ1v) is 32.3. The minimum Gasteiger partial charge on any atom is -1.00 e. The lowest BCUT2D eigenvalue weighted by molar-refractivity contribution is -0.788. The third-order valence-electron chi connectivity index (χ3n) is 32.5. The van der Waals surface area contributed by atoms with E-state index < -0.39 is 11.7 Å². The predicted molar refractivity (Wildman–Crippen MR) is 307 cm³/mol. The molecule has 0 aromatic heterocycles. The van der Waals surface area contributed by atoms with Crippen molar-refractivity contribution < 1.29 is 56.5 Å². The molecule has 11 heteroatoms. The van der Waals surface area contributed by atoms with E-state index >= 15 is 0 Å². The molecule has 0 aromatic rings. The maximum Gasteiger partial charge on any atom is 0.310 e. The number of aliphatic hydroxyl groups is 2. The number of amides is 1. The van der Waals surface area contributed by atoms with Crippen LogP contribution < -0.4 is 17.7 Å². The number of hydrogen-bond donors (Lipinski definition) is 3. The second-order valence-corrected chi connectivity index (χ2v) is 34.0. The third-order valence-corrected chi connectivity index (χ3v) is 32.5. The van der Waals surface area contributed by atoms with Crippen LogP contribution in [0.1, 0.15) is 260 Å². The van der Waals surface area contributed by atoms with Crippen molar-refractivity contribution in [2.75, 3.05) is 13.1 Å². The standard InChI is InChI=1S/C33H55NO3.C32H55NO2.C3H4O3.ClH/c1-22-10-15-33(34(19-22)21-35)23(2)32(9)30(7)17-16-27(4)25(28(30,5)20-31(32,8)37-33)12-13-26(3)18-24(36)11-14-29(26,27)6;1-21-10-15-32(33-19-21)22(2)31(9)29(7)17-16-26(4)24(27(29,5)20-30(31,8)35-32)12-13-25(3)18-23(34)11-14-28(25,26)6;1-3(5)6-2-4;/h21-25,36H,10-20H2,1-9H3;21-24,33-34H,10-20H2,1-9H3;2H,1H3;1H/t22-,23-,24-,25+,26-,27-,28-,29-,30-,31-,32+,33-;21-,22-,23-,24+,25-,26-,27-,28-,29-,30-,31+,32-;;/m00../s1. The number of hydrogen-bond acceptors (Lipinski definition) is 8. The van der Waals surface area contributed by atoms with E-state index in [1.54, 1.807) is 0 Å². The maximum absolute atomic E-state index is 12.4. The highest BCUT2D eigenvalue weighted by molar-refractivity contribution is 5.73. The van der Waals surface area contributed by atoms with Crippen molar-refractivity contribution >= 4 is 18.9 Å². The summed E-state index contributed by atoms with van der Waals surface area (Å²) in [5, 5.41) is 24.0. The molecule has 79 heavy (non-hydrogen) atoms. The van der Waals surface area contributed by atoms with Gasteiger partial charge in [0.05, 0.1) is 30.0 Å². The minimum absolute atomic E-state index is 0. The lowest BCUT2D eigenvalue weighted by Crippen LogP contribution is -3.01. The van der Waals surface area contributed by atoms with Gasteiger partial charge in [0.2, 0.25) is 12.1 Å². The van der Waals surface area contributed by atoms with Crippen molar-refractivity contribution in [3.8, 4) is 0 Å². The first-order chi connectivity index (χ1) is 35.9. The zero-order valence-electron chi connectivity index (χ0n) is 53.6. The fourth-order valence-electron chi connectivity index (χ4n) is 26.4. The fraction of sp³-hybridized carbons (Fsp3) is 0.956. The third kappa shape index (κ3) is 7.33. The molecule has 1 amide bonds. The number of quaternary nitrogens is 1. The molecule has 4 N–H and O–H groups in total. The van der Waals surface area contributed by atoms with Gasteiger partial charge < -0.3 is 47.0 Å². The van der Waals surface area contributed by atoms with Crippen LogP contribution in [0.5, 0.6) is 0 Å². The summed E-state index contributed by atoms with van der Waals surface area (Å²) in [7, 11) is 0. The van der Waals surface area contributed by atoms with Gasteiger partial charge in [-0.25, -0.2) is 0 Å². The van der Waals surface area contributed by atoms with Crippen molar-refractivity contribution in [2.24, 2.45) is 100 Å². The fourth-order valence-corrected chi connectivity index (χ4v) is 26.4. The Balaban J connectivity index is 0.000000172. The molecule has 12 rings (SSSR count). The van der Waals surface area contributed by atoms with E-state index in [4.69, 9.17) is 9.47 Å². The van der Waals surface area contributed by atoms with Crippen molar-refractivity contribution in [2.45, 2.75) is 295 Å². The van der Waals surface area contributed by atoms with Gasteiger partial charge in [-0.2, -0.15) is 0 Å². The quantitative estimate of drug-likeness (QED) is 0.141. The molecule has 0 radical (unpaired) electrons. The van der Waals surface area contributed by atoms with Crippen molar-refractivity contribution in [3.05, 3.63) is 0 Å². The molecular weight excluding hydrogens is 1010 g/mol. The molecule has 452 valence electrons. The molecule has 4 heterocycles. The number of carbonyl (C=O) groups excluding carboxylic acids is 3. The summed E-state index contributed by atoms with van der Waals surface area (Å²) >= 11 is 0. The lowest BCUT2D eigenvalue weighted by atomic mass is 9.31. The summed E-state index contributed by atoms with van der Waals surface area (Å²) in [6.45, 7) is 49.5. The Hall–Kier alpha value is -1.30. The summed E-state index contributed by atoms with van der Waals surface area (Å²) in [6.07, 6.45) is 24.4. The molecule has 0 unspecified atom stereocenters. The largest absolute Gasteiger partial charge is 1.00 e. The number of esters is 1. The van der Waals surface area contributed by atoms with Crippen LogP contribution in [-0.2, 0) is 28.6 Å². The monoisotopic (exact) mass is 1120 g/mol. The van der Waals surface area contributed by atoms with Gasteiger partial charge in [-0.15, -0.1) is 0 Å². The molecule has 24 atom stereocenters. The van der Waals surface area contributed by atoms with E-state index in [2.05, 4.69) is 140 Å². The molecule has 8 saturated carbocycles. The normalized spacial score (nSPS) is 59.3. The van der Waals surface area contributed by atoms with Gasteiger partial charge in [0, 0.05) is 48.5 Å². The maximum atomic E-state index is 12.4. The number of likely N-dealkylation sites (tertiary alicyclic amines) is 1. The predicted octanol–water partition coefficient (Wildman–Crippen LogP) is 10.2. The van der Waals surface area contributed by atoms with E-state index in [0.29, 0.717) is 39.9 Å². The second kappa shape index (κ2) is 18.8. The highest BCUT2D eigenvalue weighted by atomic mass is 35.5. The van der Waals surface area contributed by atoms with E-state index in [0.717, 1.165) is 83.1 Å². The van der Waals surface area contributed by atoms with Crippen LogP contribution in [0.2, 0.25) is 0 Å². The van der Waals surface area contributed by atoms with Crippen LogP contribution in [0, 0.1) is 100 Å². The van der Waals surface area contributed by atoms with E-state index in [1.807, 2.05) is 0 Å². The highest BCUT2D eigenvalue weighted by Gasteiger charge is 2.86. The van der Waals surface area contributed by atoms with Crippen LogP contribution in [0.3, 0.4) is 0 Å². The molecule has 4 saturated heterocycles. The number of halogens is 1. The van der Waals surface area contributed by atoms with Crippen LogP contribution in [0.4, 0.5) is 0 Å². The van der Waals surface area contributed by atoms with Crippen LogP contribution in [0.25, 0.3) is 0 Å². The first-order valence-electron chi connectivity index (χ1n) is 32.3. The number of fused-ring (bicyclic) bond motifs is 14. The molecule has 8 aliphatic carbocycles. The summed E-state index contributed by atoms with van der Waals surface area (Å²) in [4.78, 5) is 33.3. The zero-order chi connectivity index (χ0) is 57.6. The van der Waals surface area contributed by atoms with E-state index in [1.165, 1.54) is 83.6 Å². The molecule has 10 nitrogen and oxygen atoms in total. The lowest BCUT2D eigenvalue weighted by Gasteiger charge is -2.73. The van der Waals surface area contributed by atoms with Gasteiger partial charge in [0.25, 0.3) is 0 Å². The number of rotatable bonds is 2. The number of aliphatic hydroxyl groups excluding tert-OH is 2. The van der Waals surface area contributed by atoms with Crippen molar-refractivity contribution in [3.63, 3.8) is 0 Å². The SMILES string of the molecule is CC(=O)OC=O.C[C@H]1CC[C@@]2(O[C@@]3(C)C[C@@]4(C)[C@@H]5CC[C@@]6(C)C[C@@H](O)CC[C@]6(C)[C@@]5(C)CC[C@]4(C)[C@@]3(C)[C@@H]2C)N(C=O)C1.C[C@H]1CC[C@]2([NH2+]C1)O[C@@]1(C)C[C@@]3(C)[C@@H]4CC[C@@]5(C)C[C@@H](O)CC[C@]5(C)[C@@]4(C)CC[C@]3(C)[C@@]1(C)[C@@H]2C.[Cl-]. The van der Waals surface area contributed by atoms with E-state index in [9.17, 15) is 24.6 Å². The van der Waals surface area contributed by atoms with Crippen LogP contribution in [0.15, 0.2) is 0 Å². The molecule has 4 aliphatic heterocycles. The van der Waals surface area contributed by atoms with Crippen LogP contribution >= 0.6 is 0 Å². The summed E-state index contributed by atoms with van der Waals surface area (Å²) < 4.78 is 18.6. The average Bonchev–Trinajstić information content (AvgIpc) is 3.27. The van der Waals surface area contributed by atoms with Gasteiger partial charge in [-0.1, -0.05) is 111 Å². The summed E-state index contributed by atoms with van der Waals surface area (Å²) in [5.41, 5.74) is 2.02. The van der Waals surface area contributed by atoms with Crippen molar-refractivity contribution in [1.82, 2.24) is 4.90 Å². The van der Waals surface area contributed by atoms with E-state index in [-0.39, 0.29) is 96.7 Å². The van der Waals surface area contributed by atoms with Gasteiger partial charge in [-0.05, 0) is 208 Å². The Morgan fingerprint density at radius 3 is 1.42 bits per heavy atom. The summed E-state index contributed by atoms with van der Waals surface area (Å²) in [5.74, 6) is 3.03. The smallest absolute Gasteiger partial charge is 0.310 e. The van der Waals surface area contributed by atoms with Gasteiger partial charge >= 0.3 is 12.4 Å². The van der Waals surface area contributed by atoms with Gasteiger partial charge in [0.1, 0.15) is 5.72 Å². The molecule has 0 bridgehead atoms. The molecule has 2 spiro atoms.